The second-order valence-corrected chi connectivity index (χ2v) is 6.34. The van der Waals surface area contributed by atoms with Gasteiger partial charge in [0.25, 0.3) is 0 Å². The summed E-state index contributed by atoms with van der Waals surface area (Å²) in [4.78, 5) is 11.8. The van der Waals surface area contributed by atoms with E-state index in [0.717, 1.165) is 16.8 Å². The van der Waals surface area contributed by atoms with Crippen LogP contribution >= 0.6 is 0 Å². The maximum absolute atomic E-state index is 11.8. The minimum absolute atomic E-state index is 0.232. The number of esters is 1. The number of rotatable bonds is 8. The Bertz CT molecular complexity index is 860. The molecular weight excluding hydrogens is 340 g/mol. The van der Waals surface area contributed by atoms with Crippen LogP contribution in [0.25, 0.3) is 11.3 Å². The van der Waals surface area contributed by atoms with Crippen molar-refractivity contribution in [1.82, 2.24) is 9.78 Å². The van der Waals surface area contributed by atoms with E-state index in [1.54, 1.807) is 13.8 Å². The first-order valence-electron chi connectivity index (χ1n) is 9.14. The first kappa shape index (κ1) is 18.7. The van der Waals surface area contributed by atoms with Crippen LogP contribution in [0.1, 0.15) is 19.4 Å². The monoisotopic (exact) mass is 364 g/mol. The molecule has 0 aliphatic heterocycles. The van der Waals surface area contributed by atoms with E-state index >= 15 is 0 Å². The summed E-state index contributed by atoms with van der Waals surface area (Å²) in [6.07, 6.45) is 0. The Morgan fingerprint density at radius 1 is 1.07 bits per heavy atom. The SMILES string of the molecule is CCOC(=O)C(C)COc1cc(-c2ccccc2)n(Cc2ccccc2)n1. The van der Waals surface area contributed by atoms with Gasteiger partial charge in [0.15, 0.2) is 0 Å². The van der Waals surface area contributed by atoms with E-state index in [9.17, 15) is 4.79 Å². The second-order valence-electron chi connectivity index (χ2n) is 6.34. The lowest BCUT2D eigenvalue weighted by atomic mass is 10.1. The fourth-order valence-corrected chi connectivity index (χ4v) is 2.74. The summed E-state index contributed by atoms with van der Waals surface area (Å²) in [6.45, 7) is 4.82. The van der Waals surface area contributed by atoms with Gasteiger partial charge >= 0.3 is 5.97 Å². The molecule has 2 aromatic carbocycles. The Morgan fingerprint density at radius 3 is 2.41 bits per heavy atom. The molecule has 1 unspecified atom stereocenters. The van der Waals surface area contributed by atoms with Crippen LogP contribution in [0, 0.1) is 5.92 Å². The van der Waals surface area contributed by atoms with E-state index in [1.165, 1.54) is 0 Å². The summed E-state index contributed by atoms with van der Waals surface area (Å²) in [5.74, 6) is -0.102. The van der Waals surface area contributed by atoms with Crippen LogP contribution in [0.4, 0.5) is 0 Å². The molecule has 0 aliphatic rings. The summed E-state index contributed by atoms with van der Waals surface area (Å²) in [5, 5.41) is 4.60. The molecule has 3 aromatic rings. The minimum Gasteiger partial charge on any atom is -0.476 e. The highest BCUT2D eigenvalue weighted by Gasteiger charge is 2.17. The van der Waals surface area contributed by atoms with Crippen molar-refractivity contribution in [3.63, 3.8) is 0 Å². The Morgan fingerprint density at radius 2 is 1.74 bits per heavy atom. The van der Waals surface area contributed by atoms with Gasteiger partial charge in [-0.2, -0.15) is 0 Å². The third-order valence-corrected chi connectivity index (χ3v) is 4.17. The highest BCUT2D eigenvalue weighted by molar-refractivity contribution is 5.72. The van der Waals surface area contributed by atoms with Crippen molar-refractivity contribution in [2.75, 3.05) is 13.2 Å². The van der Waals surface area contributed by atoms with Crippen LogP contribution in [0.15, 0.2) is 66.7 Å². The zero-order valence-electron chi connectivity index (χ0n) is 15.7. The molecule has 5 heteroatoms. The lowest BCUT2D eigenvalue weighted by Crippen LogP contribution is -2.21. The molecule has 0 amide bonds. The predicted molar refractivity (Wildman–Crippen MR) is 104 cm³/mol. The van der Waals surface area contributed by atoms with E-state index in [0.29, 0.717) is 19.0 Å². The lowest BCUT2D eigenvalue weighted by Gasteiger charge is -2.10. The number of benzene rings is 2. The molecule has 0 saturated carbocycles. The Kier molecular flexibility index (Phi) is 6.26. The fraction of sp³-hybridized carbons (Fsp3) is 0.273. The standard InChI is InChI=1S/C22H24N2O3/c1-3-26-22(25)17(2)16-27-21-14-20(19-12-8-5-9-13-19)24(23-21)15-18-10-6-4-7-11-18/h4-14,17H,3,15-16H2,1-2H3. The smallest absolute Gasteiger partial charge is 0.312 e. The van der Waals surface area contributed by atoms with E-state index in [4.69, 9.17) is 9.47 Å². The number of hydrogen-bond acceptors (Lipinski definition) is 4. The molecule has 0 bridgehead atoms. The number of carbonyl (C=O) groups excluding carboxylic acids is 1. The van der Waals surface area contributed by atoms with E-state index in [1.807, 2.05) is 59.3 Å². The molecule has 5 nitrogen and oxygen atoms in total. The molecule has 0 N–H and O–H groups in total. The molecule has 0 radical (unpaired) electrons. The molecule has 0 spiro atoms. The van der Waals surface area contributed by atoms with Crippen molar-refractivity contribution in [2.24, 2.45) is 5.92 Å². The Labute approximate surface area is 159 Å². The van der Waals surface area contributed by atoms with Gasteiger partial charge in [-0.3, -0.25) is 9.48 Å². The minimum atomic E-state index is -0.343. The van der Waals surface area contributed by atoms with Crippen molar-refractivity contribution in [1.29, 1.82) is 0 Å². The van der Waals surface area contributed by atoms with Gasteiger partial charge in [-0.05, 0) is 25.0 Å². The molecule has 1 aromatic heterocycles. The fourth-order valence-electron chi connectivity index (χ4n) is 2.74. The summed E-state index contributed by atoms with van der Waals surface area (Å²) in [5.41, 5.74) is 3.19. The molecule has 1 atom stereocenters. The summed E-state index contributed by atoms with van der Waals surface area (Å²) < 4.78 is 12.7. The number of ether oxygens (including phenoxy) is 2. The molecule has 1 heterocycles. The number of nitrogens with zero attached hydrogens (tertiary/aromatic N) is 2. The first-order chi connectivity index (χ1) is 13.2. The van der Waals surface area contributed by atoms with Crippen molar-refractivity contribution in [3.05, 3.63) is 72.3 Å². The Balaban J connectivity index is 1.80. The molecule has 3 rings (SSSR count). The highest BCUT2D eigenvalue weighted by Crippen LogP contribution is 2.25. The summed E-state index contributed by atoms with van der Waals surface area (Å²) in [6, 6.07) is 22.1. The normalized spacial score (nSPS) is 11.8. The van der Waals surface area contributed by atoms with Crippen LogP contribution in [-0.2, 0) is 16.1 Å². The van der Waals surface area contributed by atoms with Crippen LogP contribution < -0.4 is 4.74 Å². The number of carbonyl (C=O) groups is 1. The van der Waals surface area contributed by atoms with Gasteiger partial charge in [-0.15, -0.1) is 5.10 Å². The predicted octanol–water partition coefficient (Wildman–Crippen LogP) is 4.18. The maximum Gasteiger partial charge on any atom is 0.312 e. The van der Waals surface area contributed by atoms with E-state index in [-0.39, 0.29) is 18.5 Å². The Hall–Kier alpha value is -3.08. The van der Waals surface area contributed by atoms with Gasteiger partial charge in [0, 0.05) is 6.07 Å². The van der Waals surface area contributed by atoms with E-state index in [2.05, 4.69) is 17.2 Å². The van der Waals surface area contributed by atoms with Crippen molar-refractivity contribution < 1.29 is 14.3 Å². The topological polar surface area (TPSA) is 53.4 Å². The van der Waals surface area contributed by atoms with Gasteiger partial charge in [0.2, 0.25) is 5.88 Å². The van der Waals surface area contributed by atoms with Crippen molar-refractivity contribution in [3.8, 4) is 17.1 Å². The molecule has 0 saturated heterocycles. The number of aromatic nitrogens is 2. The van der Waals surface area contributed by atoms with Crippen LogP contribution in [0.3, 0.4) is 0 Å². The quantitative estimate of drug-likeness (QED) is 0.563. The molecule has 140 valence electrons. The van der Waals surface area contributed by atoms with Gasteiger partial charge in [0.05, 0.1) is 24.8 Å². The van der Waals surface area contributed by atoms with Gasteiger partial charge < -0.3 is 9.47 Å². The maximum atomic E-state index is 11.8. The summed E-state index contributed by atoms with van der Waals surface area (Å²) in [7, 11) is 0. The lowest BCUT2D eigenvalue weighted by molar-refractivity contribution is -0.148. The summed E-state index contributed by atoms with van der Waals surface area (Å²) >= 11 is 0. The van der Waals surface area contributed by atoms with E-state index < -0.39 is 0 Å². The first-order valence-corrected chi connectivity index (χ1v) is 9.14. The van der Waals surface area contributed by atoms with Crippen LogP contribution in [0.2, 0.25) is 0 Å². The zero-order valence-corrected chi connectivity index (χ0v) is 15.7. The third kappa shape index (κ3) is 4.97. The van der Waals surface area contributed by atoms with Crippen molar-refractivity contribution >= 4 is 5.97 Å². The van der Waals surface area contributed by atoms with Gasteiger partial charge in [-0.25, -0.2) is 0 Å². The largest absolute Gasteiger partial charge is 0.476 e. The molecule has 0 aliphatic carbocycles. The highest BCUT2D eigenvalue weighted by atomic mass is 16.5. The second kappa shape index (κ2) is 9.03. The average molecular weight is 364 g/mol. The average Bonchev–Trinajstić information content (AvgIpc) is 3.10. The van der Waals surface area contributed by atoms with Crippen molar-refractivity contribution in [2.45, 2.75) is 20.4 Å². The molecule has 27 heavy (non-hydrogen) atoms. The third-order valence-electron chi connectivity index (χ3n) is 4.17. The van der Waals surface area contributed by atoms with Crippen LogP contribution in [0.5, 0.6) is 5.88 Å². The number of hydrogen-bond donors (Lipinski definition) is 0. The zero-order chi connectivity index (χ0) is 19.1. The van der Waals surface area contributed by atoms with Gasteiger partial charge in [-0.1, -0.05) is 60.7 Å². The molecular formula is C22H24N2O3. The molecule has 0 fully saturated rings. The van der Waals surface area contributed by atoms with Gasteiger partial charge in [0.1, 0.15) is 6.61 Å². The van der Waals surface area contributed by atoms with Crippen LogP contribution in [-0.4, -0.2) is 29.0 Å².